The fraction of sp³-hybridized carbons (Fsp3) is 0.688. The average Bonchev–Trinajstić information content (AvgIpc) is 2.99. The molecule has 0 aliphatic carbocycles. The Bertz CT molecular complexity index is 617. The number of fused-ring (bicyclic) bond motifs is 2. The van der Waals surface area contributed by atoms with E-state index in [1.807, 2.05) is 32.6 Å². The number of aromatic nitrogens is 2. The van der Waals surface area contributed by atoms with Crippen LogP contribution in [0.2, 0.25) is 5.15 Å². The molecule has 2 fully saturated rings. The summed E-state index contributed by atoms with van der Waals surface area (Å²) < 4.78 is 11.6. The molecule has 1 aromatic rings. The van der Waals surface area contributed by atoms with Crippen LogP contribution in [-0.4, -0.2) is 44.7 Å². The SMILES string of the molecule is Cc1c(Cl)ncnc1O[C@@H]1CC2CCC1N2C(=O)OC(C)(C)C. The molecule has 0 spiro atoms. The normalized spacial score (nSPS) is 26.5. The lowest BCUT2D eigenvalue weighted by molar-refractivity contribution is 0.0180. The molecule has 0 aromatic carbocycles. The molecule has 6 nitrogen and oxygen atoms in total. The van der Waals surface area contributed by atoms with Crippen LogP contribution in [0.25, 0.3) is 0 Å². The first-order valence-corrected chi connectivity index (χ1v) is 8.29. The average molecular weight is 340 g/mol. The van der Waals surface area contributed by atoms with Gasteiger partial charge < -0.3 is 9.47 Å². The number of carbonyl (C=O) groups is 1. The van der Waals surface area contributed by atoms with E-state index >= 15 is 0 Å². The second-order valence-electron chi connectivity index (χ2n) is 7.17. The molecule has 2 aliphatic rings. The van der Waals surface area contributed by atoms with Gasteiger partial charge in [0.05, 0.1) is 6.04 Å². The minimum absolute atomic E-state index is 0.0305. The van der Waals surface area contributed by atoms with Crippen molar-refractivity contribution in [3.63, 3.8) is 0 Å². The molecule has 3 atom stereocenters. The van der Waals surface area contributed by atoms with Gasteiger partial charge in [0, 0.05) is 18.0 Å². The number of amides is 1. The predicted molar refractivity (Wildman–Crippen MR) is 85.7 cm³/mol. The Morgan fingerprint density at radius 2 is 2.09 bits per heavy atom. The van der Waals surface area contributed by atoms with Crippen LogP contribution in [0.5, 0.6) is 5.88 Å². The van der Waals surface area contributed by atoms with Crippen LogP contribution >= 0.6 is 11.6 Å². The maximum atomic E-state index is 12.4. The van der Waals surface area contributed by atoms with Crippen LogP contribution in [0.15, 0.2) is 6.33 Å². The summed E-state index contributed by atoms with van der Waals surface area (Å²) in [5, 5.41) is 0.391. The first kappa shape index (κ1) is 16.3. The number of hydrogen-bond acceptors (Lipinski definition) is 5. The van der Waals surface area contributed by atoms with Gasteiger partial charge in [-0.1, -0.05) is 11.6 Å². The Hall–Kier alpha value is -1.56. The van der Waals surface area contributed by atoms with E-state index in [9.17, 15) is 4.79 Å². The second-order valence-corrected chi connectivity index (χ2v) is 7.53. The van der Waals surface area contributed by atoms with Crippen LogP contribution in [0.3, 0.4) is 0 Å². The highest BCUT2D eigenvalue weighted by atomic mass is 35.5. The standard InChI is InChI=1S/C16H22ClN3O3/c1-9-13(17)18-8-19-14(9)22-12-7-10-5-6-11(12)20(10)15(21)23-16(2,3)4/h8,10-12H,5-7H2,1-4H3/t10?,11?,12-/m1/s1. The number of nitrogens with zero attached hydrogens (tertiary/aromatic N) is 3. The van der Waals surface area contributed by atoms with E-state index in [2.05, 4.69) is 9.97 Å². The Labute approximate surface area is 141 Å². The van der Waals surface area contributed by atoms with Crippen LogP contribution in [0, 0.1) is 6.92 Å². The Kier molecular flexibility index (Phi) is 4.12. The van der Waals surface area contributed by atoms with Gasteiger partial charge in [-0.3, -0.25) is 4.90 Å². The highest BCUT2D eigenvalue weighted by Crippen LogP contribution is 2.40. The van der Waals surface area contributed by atoms with Gasteiger partial charge in [0.2, 0.25) is 5.88 Å². The van der Waals surface area contributed by atoms with Gasteiger partial charge in [-0.25, -0.2) is 14.8 Å². The lowest BCUT2D eigenvalue weighted by atomic mass is 9.98. The maximum absolute atomic E-state index is 12.4. The zero-order valence-corrected chi connectivity index (χ0v) is 14.6. The topological polar surface area (TPSA) is 64.6 Å². The third-order valence-corrected chi connectivity index (χ3v) is 4.70. The number of halogens is 1. The van der Waals surface area contributed by atoms with E-state index in [1.165, 1.54) is 6.33 Å². The minimum atomic E-state index is -0.494. The van der Waals surface area contributed by atoms with Crippen molar-refractivity contribution in [1.29, 1.82) is 0 Å². The highest BCUT2D eigenvalue weighted by Gasteiger charge is 2.51. The summed E-state index contributed by atoms with van der Waals surface area (Å²) in [4.78, 5) is 22.4. The molecule has 2 unspecified atom stereocenters. The van der Waals surface area contributed by atoms with Gasteiger partial charge in [-0.2, -0.15) is 0 Å². The van der Waals surface area contributed by atoms with E-state index < -0.39 is 5.60 Å². The molecular weight excluding hydrogens is 318 g/mol. The summed E-state index contributed by atoms with van der Waals surface area (Å²) in [5.74, 6) is 0.492. The van der Waals surface area contributed by atoms with E-state index in [4.69, 9.17) is 21.1 Å². The predicted octanol–water partition coefficient (Wildman–Crippen LogP) is 3.36. The quantitative estimate of drug-likeness (QED) is 0.773. The number of ether oxygens (including phenoxy) is 2. The van der Waals surface area contributed by atoms with Gasteiger partial charge in [0.15, 0.2) is 0 Å². The van der Waals surface area contributed by atoms with Crippen LogP contribution in [0.4, 0.5) is 4.79 Å². The molecular formula is C16H22ClN3O3. The molecule has 0 N–H and O–H groups in total. The van der Waals surface area contributed by atoms with Crippen molar-refractivity contribution in [2.24, 2.45) is 0 Å². The van der Waals surface area contributed by atoms with E-state index in [-0.39, 0.29) is 24.3 Å². The van der Waals surface area contributed by atoms with Crippen LogP contribution in [0.1, 0.15) is 45.6 Å². The fourth-order valence-electron chi connectivity index (χ4n) is 3.34. The maximum Gasteiger partial charge on any atom is 0.410 e. The molecule has 0 radical (unpaired) electrons. The molecule has 7 heteroatoms. The largest absolute Gasteiger partial charge is 0.472 e. The highest BCUT2D eigenvalue weighted by molar-refractivity contribution is 6.30. The Morgan fingerprint density at radius 3 is 2.78 bits per heavy atom. The van der Waals surface area contributed by atoms with Crippen molar-refractivity contribution in [2.45, 2.75) is 70.7 Å². The number of hydrogen-bond donors (Lipinski definition) is 0. The Balaban J connectivity index is 1.73. The second kappa shape index (κ2) is 5.82. The zero-order chi connectivity index (χ0) is 16.8. The van der Waals surface area contributed by atoms with E-state index in [0.29, 0.717) is 11.0 Å². The van der Waals surface area contributed by atoms with Gasteiger partial charge in [0.25, 0.3) is 0 Å². The molecule has 23 heavy (non-hydrogen) atoms. The first-order valence-electron chi connectivity index (χ1n) is 7.91. The first-order chi connectivity index (χ1) is 10.8. The summed E-state index contributed by atoms with van der Waals surface area (Å²) in [6.07, 6.45) is 3.77. The Morgan fingerprint density at radius 1 is 1.35 bits per heavy atom. The third kappa shape index (κ3) is 3.22. The summed E-state index contributed by atoms with van der Waals surface area (Å²) in [6, 6.07) is 0.209. The molecule has 3 rings (SSSR count). The van der Waals surface area contributed by atoms with E-state index in [1.54, 1.807) is 0 Å². The number of rotatable bonds is 2. The molecule has 0 saturated carbocycles. The van der Waals surface area contributed by atoms with Crippen molar-refractivity contribution in [3.8, 4) is 5.88 Å². The van der Waals surface area contributed by atoms with Crippen molar-refractivity contribution in [3.05, 3.63) is 17.0 Å². The van der Waals surface area contributed by atoms with Gasteiger partial charge in [-0.15, -0.1) is 0 Å². The zero-order valence-electron chi connectivity index (χ0n) is 13.9. The monoisotopic (exact) mass is 339 g/mol. The molecule has 1 aromatic heterocycles. The van der Waals surface area contributed by atoms with Crippen LogP contribution in [-0.2, 0) is 4.74 Å². The van der Waals surface area contributed by atoms with Crippen molar-refractivity contribution in [2.75, 3.05) is 0 Å². The van der Waals surface area contributed by atoms with Crippen molar-refractivity contribution in [1.82, 2.24) is 14.9 Å². The molecule has 2 bridgehead atoms. The number of carbonyl (C=O) groups excluding carboxylic acids is 1. The molecule has 1 amide bonds. The van der Waals surface area contributed by atoms with Gasteiger partial charge in [-0.05, 0) is 40.5 Å². The van der Waals surface area contributed by atoms with E-state index in [0.717, 1.165) is 24.8 Å². The lowest BCUT2D eigenvalue weighted by Gasteiger charge is -2.28. The molecule has 126 valence electrons. The molecule has 3 heterocycles. The van der Waals surface area contributed by atoms with Crippen LogP contribution < -0.4 is 4.74 Å². The summed E-state index contributed by atoms with van der Waals surface area (Å²) in [7, 11) is 0. The van der Waals surface area contributed by atoms with Gasteiger partial charge in [0.1, 0.15) is 23.2 Å². The third-order valence-electron chi connectivity index (χ3n) is 4.32. The smallest absolute Gasteiger partial charge is 0.410 e. The fourth-order valence-corrected chi connectivity index (χ4v) is 3.46. The van der Waals surface area contributed by atoms with Crippen molar-refractivity contribution < 1.29 is 14.3 Å². The lowest BCUT2D eigenvalue weighted by Crippen LogP contribution is -2.42. The van der Waals surface area contributed by atoms with Gasteiger partial charge >= 0.3 is 6.09 Å². The molecule has 2 saturated heterocycles. The van der Waals surface area contributed by atoms with Crippen molar-refractivity contribution >= 4 is 17.7 Å². The summed E-state index contributed by atoms with van der Waals surface area (Å²) >= 11 is 6.01. The molecule has 2 aliphatic heterocycles. The minimum Gasteiger partial charge on any atom is -0.472 e. The summed E-state index contributed by atoms with van der Waals surface area (Å²) in [5.41, 5.74) is 0.229. The summed E-state index contributed by atoms with van der Waals surface area (Å²) in [6.45, 7) is 7.46.